The molecule has 0 N–H and O–H groups in total. The highest BCUT2D eigenvalue weighted by Gasteiger charge is 2.53. The summed E-state index contributed by atoms with van der Waals surface area (Å²) in [5.74, 6) is 0. The van der Waals surface area contributed by atoms with Crippen molar-refractivity contribution < 1.29 is 0 Å². The monoisotopic (exact) mass is 954 g/mol. The summed E-state index contributed by atoms with van der Waals surface area (Å²) in [6.45, 7) is 0. The van der Waals surface area contributed by atoms with Crippen molar-refractivity contribution in [1.82, 2.24) is 0 Å². The molecule has 0 unspecified atom stereocenters. The standard InChI is InChI=1S/C73H50N2/c1-5-18-51(19-6-1)54-32-41-60(42-33-54)74(59-24-11-4-12-25-59)61-43-38-57(39-44-61)58-40-49-66-67-28-17-31-71(72(67)73(70(66)50-58)68-29-15-13-26-64(68)65-27-14-16-30-69(65)73)75(62-45-34-55(35-46-62)52-20-7-2-8-21-52)63-47-36-56(37-48-63)53-22-9-3-10-23-53/h1-50H. The van der Waals surface area contributed by atoms with E-state index in [1.54, 1.807) is 0 Å². The topological polar surface area (TPSA) is 6.48 Å². The highest BCUT2D eigenvalue weighted by Crippen LogP contribution is 2.65. The number of anilines is 6. The van der Waals surface area contributed by atoms with Gasteiger partial charge in [-0.05, 0) is 156 Å². The first-order valence-corrected chi connectivity index (χ1v) is 25.9. The quantitative estimate of drug-likeness (QED) is 0.135. The second-order valence-electron chi connectivity index (χ2n) is 19.6. The van der Waals surface area contributed by atoms with E-state index in [4.69, 9.17) is 0 Å². The molecule has 0 atom stereocenters. The molecule has 12 aromatic carbocycles. The number of fused-ring (bicyclic) bond motifs is 10. The Bertz CT molecular complexity index is 3870. The van der Waals surface area contributed by atoms with Crippen molar-refractivity contribution in [1.29, 1.82) is 0 Å². The molecule has 0 fully saturated rings. The van der Waals surface area contributed by atoms with Gasteiger partial charge in [0.1, 0.15) is 0 Å². The fraction of sp³-hybridized carbons (Fsp3) is 0.0137. The first-order valence-electron chi connectivity index (χ1n) is 25.9. The van der Waals surface area contributed by atoms with E-state index in [-0.39, 0.29) is 0 Å². The van der Waals surface area contributed by atoms with Crippen LogP contribution in [0.3, 0.4) is 0 Å². The van der Waals surface area contributed by atoms with E-state index in [1.165, 1.54) is 89.0 Å². The van der Waals surface area contributed by atoms with Crippen LogP contribution in [0.15, 0.2) is 303 Å². The SMILES string of the molecule is c1ccc(-c2ccc(N(c3ccccc3)c3ccc(-c4ccc5c(c4)C4(c6ccccc6-c6ccccc64)c4c-5cccc4N(c4ccc(-c5ccccc5)cc4)c4ccc(-c5ccccc5)cc4)cc3)cc2)cc1. The zero-order valence-electron chi connectivity index (χ0n) is 41.3. The molecule has 1 spiro atoms. The van der Waals surface area contributed by atoms with Crippen molar-refractivity contribution >= 4 is 34.1 Å². The minimum Gasteiger partial charge on any atom is -0.311 e. The van der Waals surface area contributed by atoms with Gasteiger partial charge in [0.25, 0.3) is 0 Å². The zero-order valence-corrected chi connectivity index (χ0v) is 41.3. The molecule has 0 radical (unpaired) electrons. The van der Waals surface area contributed by atoms with E-state index in [0.717, 1.165) is 34.1 Å². The smallest absolute Gasteiger partial charge is 0.0746 e. The van der Waals surface area contributed by atoms with Gasteiger partial charge in [0, 0.05) is 34.0 Å². The average Bonchev–Trinajstić information content (AvgIpc) is 4.18. The summed E-state index contributed by atoms with van der Waals surface area (Å²) in [5.41, 5.74) is 25.8. The molecule has 0 saturated carbocycles. The molecule has 75 heavy (non-hydrogen) atoms. The van der Waals surface area contributed by atoms with Crippen LogP contribution in [0.1, 0.15) is 22.3 Å². The van der Waals surface area contributed by atoms with Gasteiger partial charge < -0.3 is 9.80 Å². The molecule has 0 aromatic heterocycles. The number of hydrogen-bond acceptors (Lipinski definition) is 2. The van der Waals surface area contributed by atoms with Gasteiger partial charge in [0.05, 0.1) is 11.1 Å². The maximum Gasteiger partial charge on any atom is 0.0746 e. The van der Waals surface area contributed by atoms with Crippen molar-refractivity contribution in [2.75, 3.05) is 9.80 Å². The van der Waals surface area contributed by atoms with Crippen LogP contribution in [0.2, 0.25) is 0 Å². The molecular formula is C73H50N2. The Kier molecular flexibility index (Phi) is 10.8. The van der Waals surface area contributed by atoms with E-state index >= 15 is 0 Å². The number of rotatable bonds is 10. The van der Waals surface area contributed by atoms with Crippen LogP contribution in [0, 0.1) is 0 Å². The maximum atomic E-state index is 2.50. The maximum absolute atomic E-state index is 2.50. The molecule has 12 aromatic rings. The van der Waals surface area contributed by atoms with Gasteiger partial charge >= 0.3 is 0 Å². The third-order valence-electron chi connectivity index (χ3n) is 15.5. The largest absolute Gasteiger partial charge is 0.311 e. The van der Waals surface area contributed by atoms with Crippen molar-refractivity contribution in [2.45, 2.75) is 5.41 Å². The van der Waals surface area contributed by atoms with Crippen molar-refractivity contribution in [3.63, 3.8) is 0 Å². The molecule has 2 nitrogen and oxygen atoms in total. The fourth-order valence-electron chi connectivity index (χ4n) is 12.1. The summed E-state index contributed by atoms with van der Waals surface area (Å²) in [7, 11) is 0. The van der Waals surface area contributed by atoms with Crippen LogP contribution >= 0.6 is 0 Å². The normalized spacial score (nSPS) is 12.4. The molecule has 2 aliphatic rings. The van der Waals surface area contributed by atoms with E-state index in [2.05, 4.69) is 313 Å². The first kappa shape index (κ1) is 44.0. The fourth-order valence-corrected chi connectivity index (χ4v) is 12.1. The average molecular weight is 955 g/mol. The predicted octanol–water partition coefficient (Wildman–Crippen LogP) is 19.6. The molecule has 0 bridgehead atoms. The summed E-state index contributed by atoms with van der Waals surface area (Å²) < 4.78 is 0. The van der Waals surface area contributed by atoms with Crippen LogP contribution in [0.5, 0.6) is 0 Å². The van der Waals surface area contributed by atoms with Crippen LogP contribution in [0.25, 0.3) is 66.8 Å². The number of hydrogen-bond donors (Lipinski definition) is 0. The second-order valence-corrected chi connectivity index (χ2v) is 19.6. The lowest BCUT2D eigenvalue weighted by Gasteiger charge is -2.36. The second kappa shape index (κ2) is 18.4. The lowest BCUT2D eigenvalue weighted by Crippen LogP contribution is -2.28. The number of nitrogens with zero attached hydrogens (tertiary/aromatic N) is 2. The summed E-state index contributed by atoms with van der Waals surface area (Å²) in [6, 6.07) is 111. The van der Waals surface area contributed by atoms with Gasteiger partial charge in [-0.3, -0.25) is 0 Å². The first-order chi connectivity index (χ1) is 37.2. The van der Waals surface area contributed by atoms with E-state index in [9.17, 15) is 0 Å². The Hall–Kier alpha value is -9.76. The zero-order chi connectivity index (χ0) is 49.7. The highest BCUT2D eigenvalue weighted by atomic mass is 15.2. The molecule has 2 aliphatic carbocycles. The molecule has 2 heteroatoms. The molecule has 0 aliphatic heterocycles. The Morgan fingerprint density at radius 1 is 0.200 bits per heavy atom. The Morgan fingerprint density at radius 2 is 0.520 bits per heavy atom. The molecule has 14 rings (SSSR count). The third kappa shape index (κ3) is 7.41. The van der Waals surface area contributed by atoms with Crippen molar-refractivity contribution in [3.8, 4) is 66.8 Å². The molecular weight excluding hydrogens is 905 g/mol. The van der Waals surface area contributed by atoms with Crippen LogP contribution in [0.4, 0.5) is 34.1 Å². The van der Waals surface area contributed by atoms with Gasteiger partial charge in [-0.25, -0.2) is 0 Å². The summed E-state index contributed by atoms with van der Waals surface area (Å²) in [4.78, 5) is 4.84. The Balaban J connectivity index is 0.927. The van der Waals surface area contributed by atoms with Crippen LogP contribution in [-0.4, -0.2) is 0 Å². The van der Waals surface area contributed by atoms with E-state index in [0.29, 0.717) is 0 Å². The Labute approximate surface area is 439 Å². The van der Waals surface area contributed by atoms with Crippen LogP contribution < -0.4 is 9.80 Å². The van der Waals surface area contributed by atoms with Gasteiger partial charge in [-0.1, -0.05) is 231 Å². The van der Waals surface area contributed by atoms with Gasteiger partial charge in [-0.2, -0.15) is 0 Å². The van der Waals surface area contributed by atoms with Crippen LogP contribution in [-0.2, 0) is 5.41 Å². The molecule has 352 valence electrons. The highest BCUT2D eigenvalue weighted by molar-refractivity contribution is 6.00. The van der Waals surface area contributed by atoms with E-state index in [1.807, 2.05) is 0 Å². The van der Waals surface area contributed by atoms with Gasteiger partial charge in [-0.15, -0.1) is 0 Å². The third-order valence-corrected chi connectivity index (χ3v) is 15.5. The lowest BCUT2D eigenvalue weighted by molar-refractivity contribution is 0.793. The van der Waals surface area contributed by atoms with Crippen molar-refractivity contribution in [3.05, 3.63) is 326 Å². The summed E-state index contributed by atoms with van der Waals surface area (Å²) in [6.07, 6.45) is 0. The number of benzene rings is 12. The lowest BCUT2D eigenvalue weighted by atomic mass is 9.69. The molecule has 0 amide bonds. The minimum absolute atomic E-state index is 0.618. The van der Waals surface area contributed by atoms with E-state index < -0.39 is 5.41 Å². The van der Waals surface area contributed by atoms with Crippen molar-refractivity contribution in [2.24, 2.45) is 0 Å². The molecule has 0 heterocycles. The predicted molar refractivity (Wildman–Crippen MR) is 314 cm³/mol. The number of para-hydroxylation sites is 1. The minimum atomic E-state index is -0.618. The molecule has 0 saturated heterocycles. The summed E-state index contributed by atoms with van der Waals surface area (Å²) in [5, 5.41) is 0. The van der Waals surface area contributed by atoms with Gasteiger partial charge in [0.15, 0.2) is 0 Å². The van der Waals surface area contributed by atoms with Gasteiger partial charge in [0.2, 0.25) is 0 Å². The summed E-state index contributed by atoms with van der Waals surface area (Å²) >= 11 is 0. The Morgan fingerprint density at radius 3 is 0.973 bits per heavy atom.